The molecule has 1 saturated heterocycles. The predicted octanol–water partition coefficient (Wildman–Crippen LogP) is 1.36. The first-order valence-corrected chi connectivity index (χ1v) is 13.4. The van der Waals surface area contributed by atoms with Gasteiger partial charge in [-0.05, 0) is 24.5 Å². The van der Waals surface area contributed by atoms with E-state index in [2.05, 4.69) is 17.2 Å². The Bertz CT molecular complexity index is 940. The first-order chi connectivity index (χ1) is 18.0. The van der Waals surface area contributed by atoms with Crippen molar-refractivity contribution in [2.75, 3.05) is 26.4 Å². The summed E-state index contributed by atoms with van der Waals surface area (Å²) in [7, 11) is 0. The molecular weight excluding hydrogens is 478 g/mol. The molecule has 1 aromatic carbocycles. The van der Waals surface area contributed by atoms with Crippen LogP contribution in [-0.2, 0) is 25.4 Å². The fraction of sp³-hybridized carbons (Fsp3) is 0.667. The second-order valence-electron chi connectivity index (χ2n) is 9.64. The number of carbonyl (C=O) groups is 1. The van der Waals surface area contributed by atoms with Crippen molar-refractivity contribution in [1.29, 1.82) is 0 Å². The monoisotopic (exact) mass is 521 g/mol. The van der Waals surface area contributed by atoms with Crippen LogP contribution >= 0.6 is 0 Å². The number of amides is 1. The molecule has 0 radical (unpaired) electrons. The number of fused-ring (bicyclic) bond motifs is 1. The summed E-state index contributed by atoms with van der Waals surface area (Å²) in [6.45, 7) is 2.31. The molecule has 0 spiro atoms. The van der Waals surface area contributed by atoms with Crippen LogP contribution < -0.4 is 11.1 Å². The largest absolute Gasteiger partial charge is 0.394 e. The predicted molar refractivity (Wildman–Crippen MR) is 140 cm³/mol. The van der Waals surface area contributed by atoms with E-state index in [1.807, 2.05) is 30.5 Å². The topological polar surface area (TPSA) is 159 Å². The fourth-order valence-electron chi connectivity index (χ4n) is 4.60. The highest BCUT2D eigenvalue weighted by atomic mass is 16.7. The Morgan fingerprint density at radius 2 is 1.86 bits per heavy atom. The van der Waals surface area contributed by atoms with Crippen LogP contribution in [0.5, 0.6) is 0 Å². The summed E-state index contributed by atoms with van der Waals surface area (Å²) in [4.78, 5) is 15.7. The van der Waals surface area contributed by atoms with Crippen molar-refractivity contribution in [3.05, 3.63) is 36.0 Å². The molecule has 0 aliphatic carbocycles. The van der Waals surface area contributed by atoms with Gasteiger partial charge < -0.3 is 45.6 Å². The smallest absolute Gasteiger partial charge is 0.237 e. The number of carbonyl (C=O) groups excluding carboxylic acids is 1. The van der Waals surface area contributed by atoms with E-state index in [0.717, 1.165) is 35.7 Å². The van der Waals surface area contributed by atoms with Gasteiger partial charge in [0.05, 0.1) is 19.3 Å². The van der Waals surface area contributed by atoms with Gasteiger partial charge in [0.25, 0.3) is 0 Å². The number of ether oxygens (including phenoxy) is 3. The van der Waals surface area contributed by atoms with Gasteiger partial charge in [-0.25, -0.2) is 0 Å². The lowest BCUT2D eigenvalue weighted by Crippen LogP contribution is -2.60. The number of para-hydroxylation sites is 1. The molecular formula is C27H43N3O7. The lowest BCUT2D eigenvalue weighted by atomic mass is 9.99. The molecule has 1 aliphatic heterocycles. The normalized spacial score (nSPS) is 24.8. The van der Waals surface area contributed by atoms with Crippen molar-refractivity contribution < 1.29 is 34.3 Å². The third kappa shape index (κ3) is 8.47. The lowest BCUT2D eigenvalue weighted by Gasteiger charge is -2.41. The van der Waals surface area contributed by atoms with Crippen LogP contribution in [0.1, 0.15) is 51.0 Å². The van der Waals surface area contributed by atoms with Crippen molar-refractivity contribution in [3.63, 3.8) is 0 Å². The van der Waals surface area contributed by atoms with Crippen molar-refractivity contribution in [1.82, 2.24) is 10.3 Å². The van der Waals surface area contributed by atoms with Crippen LogP contribution in [0, 0.1) is 0 Å². The molecule has 1 fully saturated rings. The fourth-order valence-corrected chi connectivity index (χ4v) is 4.60. The number of H-pyrrole nitrogens is 1. The molecule has 0 saturated carbocycles. The molecule has 10 nitrogen and oxygen atoms in total. The number of hydrogen-bond donors (Lipinski definition) is 6. The molecule has 0 unspecified atom stereocenters. The van der Waals surface area contributed by atoms with Gasteiger partial charge in [0.2, 0.25) is 5.91 Å². The zero-order chi connectivity index (χ0) is 26.6. The number of unbranched alkanes of at least 4 members (excludes halogenated alkanes) is 5. The maximum Gasteiger partial charge on any atom is 0.237 e. The molecule has 3 rings (SSSR count). The van der Waals surface area contributed by atoms with Gasteiger partial charge in [-0.15, -0.1) is 0 Å². The minimum absolute atomic E-state index is 0.0344. The molecule has 6 atom stereocenters. The van der Waals surface area contributed by atoms with Gasteiger partial charge >= 0.3 is 0 Å². The number of benzene rings is 1. The summed E-state index contributed by atoms with van der Waals surface area (Å²) >= 11 is 0. The lowest BCUT2D eigenvalue weighted by molar-refractivity contribution is -0.307. The third-order valence-electron chi connectivity index (χ3n) is 6.76. The van der Waals surface area contributed by atoms with E-state index >= 15 is 0 Å². The van der Waals surface area contributed by atoms with Gasteiger partial charge in [0.1, 0.15) is 24.4 Å². The Morgan fingerprint density at radius 1 is 1.11 bits per heavy atom. The van der Waals surface area contributed by atoms with E-state index in [-0.39, 0.29) is 19.1 Å². The first kappa shape index (κ1) is 29.5. The second kappa shape index (κ2) is 15.4. The van der Waals surface area contributed by atoms with Crippen molar-refractivity contribution >= 4 is 16.8 Å². The Labute approximate surface area is 218 Å². The highest BCUT2D eigenvalue weighted by Crippen LogP contribution is 2.25. The number of nitrogens with two attached hydrogens (primary N) is 1. The zero-order valence-corrected chi connectivity index (χ0v) is 21.7. The van der Waals surface area contributed by atoms with Crippen LogP contribution in [0.15, 0.2) is 30.5 Å². The van der Waals surface area contributed by atoms with Crippen molar-refractivity contribution in [2.45, 2.75) is 88.6 Å². The minimum atomic E-state index is -1.24. The molecule has 2 heterocycles. The van der Waals surface area contributed by atoms with Gasteiger partial charge in [0.15, 0.2) is 6.29 Å². The first-order valence-electron chi connectivity index (χ1n) is 13.4. The minimum Gasteiger partial charge on any atom is -0.394 e. The Morgan fingerprint density at radius 3 is 2.65 bits per heavy atom. The van der Waals surface area contributed by atoms with Crippen LogP contribution in [0.4, 0.5) is 0 Å². The highest BCUT2D eigenvalue weighted by Gasteiger charge is 2.45. The summed E-state index contributed by atoms with van der Waals surface area (Å²) in [5.74, 6) is -0.324. The Hall–Kier alpha value is -2.05. The summed E-state index contributed by atoms with van der Waals surface area (Å²) in [5.41, 5.74) is 8.06. The molecule has 1 amide bonds. The van der Waals surface area contributed by atoms with Crippen LogP contribution in [0.25, 0.3) is 10.9 Å². The van der Waals surface area contributed by atoms with E-state index in [4.69, 9.17) is 19.9 Å². The Kier molecular flexibility index (Phi) is 12.3. The van der Waals surface area contributed by atoms with E-state index in [0.29, 0.717) is 13.0 Å². The molecule has 37 heavy (non-hydrogen) atoms. The number of aromatic amines is 1. The van der Waals surface area contributed by atoms with E-state index in [1.54, 1.807) is 0 Å². The van der Waals surface area contributed by atoms with Crippen LogP contribution in [0.3, 0.4) is 0 Å². The number of nitrogens with one attached hydrogen (secondary N) is 2. The summed E-state index contributed by atoms with van der Waals surface area (Å²) in [5, 5.41) is 34.6. The van der Waals surface area contributed by atoms with Crippen LogP contribution in [-0.4, -0.2) is 89.3 Å². The number of aromatic nitrogens is 1. The Balaban J connectivity index is 1.41. The molecule has 1 aromatic heterocycles. The quantitative estimate of drug-likeness (QED) is 0.181. The average Bonchev–Trinajstić information content (AvgIpc) is 3.31. The molecule has 2 aromatic rings. The van der Waals surface area contributed by atoms with Gasteiger partial charge in [-0.2, -0.15) is 0 Å². The maximum absolute atomic E-state index is 12.5. The van der Waals surface area contributed by atoms with E-state index in [9.17, 15) is 20.1 Å². The van der Waals surface area contributed by atoms with Gasteiger partial charge in [-0.1, -0.05) is 57.2 Å². The number of rotatable bonds is 16. The molecule has 1 aliphatic rings. The van der Waals surface area contributed by atoms with Crippen molar-refractivity contribution in [3.8, 4) is 0 Å². The number of aliphatic hydroxyl groups is 3. The third-order valence-corrected chi connectivity index (χ3v) is 6.76. The average molecular weight is 522 g/mol. The van der Waals surface area contributed by atoms with Crippen LogP contribution in [0.2, 0.25) is 0 Å². The maximum atomic E-state index is 12.5. The summed E-state index contributed by atoms with van der Waals surface area (Å²) in [6, 6.07) is 7.08. The summed E-state index contributed by atoms with van der Waals surface area (Å²) in [6.07, 6.45) is 3.36. The number of hydrogen-bond acceptors (Lipinski definition) is 8. The molecule has 7 N–H and O–H groups in total. The zero-order valence-electron chi connectivity index (χ0n) is 21.7. The number of aliphatic hydroxyl groups excluding tert-OH is 3. The molecule has 208 valence electrons. The second-order valence-corrected chi connectivity index (χ2v) is 9.64. The van der Waals surface area contributed by atoms with Crippen molar-refractivity contribution in [2.24, 2.45) is 5.73 Å². The molecule has 0 bridgehead atoms. The van der Waals surface area contributed by atoms with Gasteiger partial charge in [-0.3, -0.25) is 4.79 Å². The molecule has 10 heteroatoms. The van der Waals surface area contributed by atoms with Gasteiger partial charge in [0, 0.05) is 30.3 Å². The van der Waals surface area contributed by atoms with E-state index < -0.39 is 43.4 Å². The SMILES string of the molecule is CCCCCCCCO[C@@H]1O[C@H](CO)[C@H](O)[C@H](OCCNC(=O)[C@@H](N)Cc2c[nH]c3ccccc23)[C@H]1O. The standard InChI is InChI=1S/C27H43N3O7/c1-2-3-4-5-6-9-13-36-27-24(33)25(23(32)22(17-31)37-27)35-14-12-29-26(34)20(28)15-18-16-30-21-11-8-7-10-19(18)21/h7-8,10-11,16,20,22-25,27,30-33H,2-6,9,12-15,17,28H2,1H3,(H,29,34)/t20-,22+,23-,24+,25-,27+/m0/s1. The summed E-state index contributed by atoms with van der Waals surface area (Å²) < 4.78 is 17.0. The van der Waals surface area contributed by atoms with E-state index in [1.165, 1.54) is 19.3 Å². The highest BCUT2D eigenvalue weighted by molar-refractivity contribution is 5.86.